The van der Waals surface area contributed by atoms with E-state index in [-0.39, 0.29) is 0 Å². The van der Waals surface area contributed by atoms with Crippen LogP contribution in [0.2, 0.25) is 0 Å². The lowest BCUT2D eigenvalue weighted by molar-refractivity contribution is 1.18. The number of benzene rings is 22. The molecule has 0 fully saturated rings. The van der Waals surface area contributed by atoms with Gasteiger partial charge in [0.1, 0.15) is 0 Å². The lowest BCUT2D eigenvalue weighted by Crippen LogP contribution is -1.96. The monoisotopic (exact) mass is 1760 g/mol. The van der Waals surface area contributed by atoms with Gasteiger partial charge in [-0.15, -0.1) is 0 Å². The van der Waals surface area contributed by atoms with Crippen molar-refractivity contribution in [3.05, 3.63) is 534 Å². The molecule has 6 aromatic heterocycles. The molecule has 0 aliphatic heterocycles. The predicted molar refractivity (Wildman–Crippen MR) is 583 cm³/mol. The van der Waals surface area contributed by atoms with E-state index in [2.05, 4.69) is 561 Å². The molecule has 6 nitrogen and oxygen atoms in total. The largest absolute Gasteiger partial charge is 0.309 e. The quantitative estimate of drug-likeness (QED) is 0.110. The number of para-hydroxylation sites is 11. The molecule has 0 radical (unpaired) electrons. The standard InChI is InChI=1S/C48H32N2.2C42H28N2/c1-3-14-33(15-4-1)35-28-30-37(31-29-35)50-44-25-9-7-20-39(44)41-23-12-24-42(48(41)50)40-22-13-27-46-47(40)43-21-8-10-26-45(43)49(46)38-19-11-18-36(32-38)34-16-5-2-6-17-34;1-3-14-29(15-4-1)30-16-11-19-32(28-30)44-38-25-9-7-20-33(38)35-23-12-24-36(42(35)44)34-22-13-27-40-41(34)37-21-8-10-26-39(37)43(40)31-17-5-2-6-18-31;1-3-13-29(14-4-1)30-25-27-32(28-26-30)44-38-22-9-7-17-33(38)35-20-11-21-36(42(35)44)34-19-12-24-40-41(34)37-18-8-10-23-39(37)43(40)31-15-5-2-6-16-31/h1-32H;2*1-28H. The Balaban J connectivity index is 0.000000107. The van der Waals surface area contributed by atoms with E-state index in [1.165, 1.54) is 220 Å². The first kappa shape index (κ1) is 80.5. The normalized spacial score (nSPS) is 11.6. The van der Waals surface area contributed by atoms with E-state index in [9.17, 15) is 0 Å². The Bertz CT molecular complexity index is 9530. The van der Waals surface area contributed by atoms with Gasteiger partial charge in [0, 0.05) is 115 Å². The second kappa shape index (κ2) is 34.0. The van der Waals surface area contributed by atoms with E-state index >= 15 is 0 Å². The third-order valence-corrected chi connectivity index (χ3v) is 28.0. The van der Waals surface area contributed by atoms with Gasteiger partial charge in [0.15, 0.2) is 0 Å². The van der Waals surface area contributed by atoms with Crippen LogP contribution in [0.25, 0.3) is 243 Å². The van der Waals surface area contributed by atoms with Gasteiger partial charge < -0.3 is 27.4 Å². The minimum atomic E-state index is 1.15. The number of aromatic nitrogens is 6. The summed E-state index contributed by atoms with van der Waals surface area (Å²) < 4.78 is 14.6. The Labute approximate surface area is 798 Å². The molecule has 0 spiro atoms. The van der Waals surface area contributed by atoms with E-state index in [4.69, 9.17) is 0 Å². The highest BCUT2D eigenvalue weighted by Gasteiger charge is 2.27. The average molecular weight is 1760 g/mol. The molecule has 138 heavy (non-hydrogen) atoms. The molecule has 0 aliphatic carbocycles. The highest BCUT2D eigenvalue weighted by Crippen LogP contribution is 2.50. The Morgan fingerprint density at radius 2 is 0.290 bits per heavy atom. The van der Waals surface area contributed by atoms with Crippen molar-refractivity contribution in [2.24, 2.45) is 0 Å². The van der Waals surface area contributed by atoms with Crippen LogP contribution in [-0.2, 0) is 0 Å². The molecule has 646 valence electrons. The van der Waals surface area contributed by atoms with Crippen LogP contribution in [-0.4, -0.2) is 27.4 Å². The first-order valence-corrected chi connectivity index (χ1v) is 47.5. The van der Waals surface area contributed by atoms with Crippen LogP contribution in [0.3, 0.4) is 0 Å². The van der Waals surface area contributed by atoms with E-state index in [0.717, 1.165) is 22.7 Å². The minimum Gasteiger partial charge on any atom is -0.309 e. The minimum absolute atomic E-state index is 1.15. The zero-order valence-corrected chi connectivity index (χ0v) is 75.5. The zero-order chi connectivity index (χ0) is 91.1. The fraction of sp³-hybridized carbons (Fsp3) is 0. The summed E-state index contributed by atoms with van der Waals surface area (Å²) in [5, 5.41) is 15.1. The summed E-state index contributed by atoms with van der Waals surface area (Å²) in [7, 11) is 0. The van der Waals surface area contributed by atoms with Gasteiger partial charge in [-0.05, 0) is 189 Å². The number of fused-ring (bicyclic) bond motifs is 18. The lowest BCUT2D eigenvalue weighted by atomic mass is 9.97. The van der Waals surface area contributed by atoms with Gasteiger partial charge in [-0.2, -0.15) is 0 Å². The van der Waals surface area contributed by atoms with Crippen molar-refractivity contribution in [2.45, 2.75) is 0 Å². The second-order valence-electron chi connectivity index (χ2n) is 35.6. The molecule has 0 unspecified atom stereocenters. The summed E-state index contributed by atoms with van der Waals surface area (Å²) in [5.41, 5.74) is 38.6. The van der Waals surface area contributed by atoms with Gasteiger partial charge >= 0.3 is 0 Å². The van der Waals surface area contributed by atoms with Crippen molar-refractivity contribution < 1.29 is 0 Å². The fourth-order valence-corrected chi connectivity index (χ4v) is 22.0. The maximum Gasteiger partial charge on any atom is 0.0619 e. The van der Waals surface area contributed by atoms with Crippen LogP contribution in [0.4, 0.5) is 0 Å². The van der Waals surface area contributed by atoms with Gasteiger partial charge in [0.25, 0.3) is 0 Å². The summed E-state index contributed by atoms with van der Waals surface area (Å²) in [6, 6.07) is 193. The first-order valence-electron chi connectivity index (χ1n) is 47.5. The van der Waals surface area contributed by atoms with Gasteiger partial charge in [-0.3, -0.25) is 0 Å². The molecule has 0 amide bonds. The molecule has 0 atom stereocenters. The summed E-state index contributed by atoms with van der Waals surface area (Å²) in [4.78, 5) is 0. The van der Waals surface area contributed by atoms with Crippen LogP contribution in [0.15, 0.2) is 534 Å². The third kappa shape index (κ3) is 13.6. The van der Waals surface area contributed by atoms with Crippen LogP contribution < -0.4 is 0 Å². The third-order valence-electron chi connectivity index (χ3n) is 28.0. The molecule has 22 aromatic carbocycles. The molecule has 0 N–H and O–H groups in total. The molecule has 6 heterocycles. The molecule has 0 saturated carbocycles. The molecule has 6 heteroatoms. The molecule has 0 bridgehead atoms. The summed E-state index contributed by atoms with van der Waals surface area (Å²) >= 11 is 0. The highest BCUT2D eigenvalue weighted by atomic mass is 15.0. The summed E-state index contributed by atoms with van der Waals surface area (Å²) in [5.74, 6) is 0. The van der Waals surface area contributed by atoms with Crippen molar-refractivity contribution in [1.29, 1.82) is 0 Å². The molecular formula is C132H88N6. The Morgan fingerprint density at radius 1 is 0.101 bits per heavy atom. The van der Waals surface area contributed by atoms with E-state index < -0.39 is 0 Å². The number of hydrogen-bond donors (Lipinski definition) is 0. The Kier molecular flexibility index (Phi) is 19.9. The van der Waals surface area contributed by atoms with E-state index in [1.807, 2.05) is 0 Å². The Morgan fingerprint density at radius 3 is 0.609 bits per heavy atom. The fourth-order valence-electron chi connectivity index (χ4n) is 22.0. The van der Waals surface area contributed by atoms with E-state index in [1.54, 1.807) is 0 Å². The van der Waals surface area contributed by atoms with Crippen LogP contribution in [0.1, 0.15) is 0 Å². The van der Waals surface area contributed by atoms with Crippen LogP contribution >= 0.6 is 0 Å². The maximum atomic E-state index is 2.46. The van der Waals surface area contributed by atoms with Gasteiger partial charge in [-0.1, -0.05) is 406 Å². The topological polar surface area (TPSA) is 29.6 Å². The first-order chi connectivity index (χ1) is 68.6. The number of rotatable bonds is 13. The summed E-state index contributed by atoms with van der Waals surface area (Å²) in [6.07, 6.45) is 0. The Hall–Kier alpha value is -18.4. The second-order valence-corrected chi connectivity index (χ2v) is 35.6. The van der Waals surface area contributed by atoms with Crippen molar-refractivity contribution >= 4 is 131 Å². The average Bonchev–Trinajstić information content (AvgIpc) is 1.59. The predicted octanol–water partition coefficient (Wildman–Crippen LogP) is 35.3. The van der Waals surface area contributed by atoms with E-state index in [0.29, 0.717) is 0 Å². The molecule has 0 aliphatic rings. The lowest BCUT2D eigenvalue weighted by Gasteiger charge is -2.14. The molecular weight excluding hydrogens is 1670 g/mol. The van der Waals surface area contributed by atoms with Crippen molar-refractivity contribution in [1.82, 2.24) is 27.4 Å². The zero-order valence-electron chi connectivity index (χ0n) is 75.5. The number of nitrogens with zero attached hydrogens (tertiary/aromatic N) is 6. The number of hydrogen-bond acceptors (Lipinski definition) is 0. The van der Waals surface area contributed by atoms with Gasteiger partial charge in [0.2, 0.25) is 0 Å². The van der Waals surface area contributed by atoms with Gasteiger partial charge in [-0.25, -0.2) is 0 Å². The SMILES string of the molecule is c1ccc(-c2ccc(-n3c4ccccc4c4cccc(-c5cccc6c5c5ccccc5n6-c5cccc(-c6ccccc6)c5)c43)cc2)cc1.c1ccc(-c2ccc(-n3c4ccccc4c4cccc(-c5cccc6c5c5ccccc5n6-c5ccccc5)c43)cc2)cc1.c1ccc(-c2cccc(-n3c4ccccc4c4cccc(-c5cccc6c5c5ccccc5n6-c5ccccc5)c43)c2)cc1. The highest BCUT2D eigenvalue weighted by molar-refractivity contribution is 6.25. The van der Waals surface area contributed by atoms with Crippen molar-refractivity contribution in [3.8, 4) is 112 Å². The van der Waals surface area contributed by atoms with Crippen LogP contribution in [0, 0.1) is 0 Å². The smallest absolute Gasteiger partial charge is 0.0619 e. The molecule has 0 saturated heterocycles. The van der Waals surface area contributed by atoms with Gasteiger partial charge in [0.05, 0.1) is 66.2 Å². The summed E-state index contributed by atoms with van der Waals surface area (Å²) in [6.45, 7) is 0. The van der Waals surface area contributed by atoms with Crippen molar-refractivity contribution in [3.63, 3.8) is 0 Å². The van der Waals surface area contributed by atoms with Crippen LogP contribution in [0.5, 0.6) is 0 Å². The molecule has 28 aromatic rings. The molecule has 28 rings (SSSR count). The van der Waals surface area contributed by atoms with Crippen molar-refractivity contribution in [2.75, 3.05) is 0 Å². The maximum absolute atomic E-state index is 2.46.